The van der Waals surface area contributed by atoms with Gasteiger partial charge in [-0.3, -0.25) is 125 Å². The molecule has 2 aliphatic heterocycles. The fourth-order valence-electron chi connectivity index (χ4n) is 15.4. The number of hydrogen-bond donors (Lipinski definition) is 31. The molecule has 2 aliphatic rings. The summed E-state index contributed by atoms with van der Waals surface area (Å²) in [6.45, 7) is 11.8. The minimum absolute atomic E-state index is 0.00564. The van der Waals surface area contributed by atoms with Gasteiger partial charge in [0.1, 0.15) is 96.7 Å². The van der Waals surface area contributed by atoms with Gasteiger partial charge in [-0.2, -0.15) is 0 Å². The molecular formula is C89H147N25O34. The molecule has 832 valence electrons. The summed E-state index contributed by atoms with van der Waals surface area (Å²) >= 11 is 0. The third-order valence-corrected chi connectivity index (χ3v) is 23.6. The van der Waals surface area contributed by atoms with Crippen LogP contribution in [0.4, 0.5) is 0 Å². The lowest BCUT2D eigenvalue weighted by molar-refractivity contribution is -0.146. The van der Waals surface area contributed by atoms with Gasteiger partial charge >= 0.3 is 35.8 Å². The van der Waals surface area contributed by atoms with Gasteiger partial charge in [-0.1, -0.05) is 48.0 Å². The zero-order valence-corrected chi connectivity index (χ0v) is 84.0. The Morgan fingerprint density at radius 1 is 0.318 bits per heavy atom. The van der Waals surface area contributed by atoms with E-state index in [0.29, 0.717) is 19.4 Å². The summed E-state index contributed by atoms with van der Waals surface area (Å²) in [5.41, 5.74) is 33.1. The number of unbranched alkanes of at least 4 members (excludes halogenated alkanes) is 1. The number of aliphatic hydroxyl groups excluding tert-OH is 2. The summed E-state index contributed by atoms with van der Waals surface area (Å²) in [5.74, 6) is -34.5. The highest BCUT2D eigenvalue weighted by molar-refractivity contribution is 6.03. The van der Waals surface area contributed by atoms with E-state index in [1.54, 1.807) is 27.7 Å². The van der Waals surface area contributed by atoms with Crippen LogP contribution in [0.1, 0.15) is 229 Å². The van der Waals surface area contributed by atoms with Crippen molar-refractivity contribution in [2.24, 2.45) is 52.2 Å². The van der Waals surface area contributed by atoms with Crippen LogP contribution in [-0.2, 0) is 125 Å². The Balaban J connectivity index is 2.55. The Morgan fingerprint density at radius 3 is 0.939 bits per heavy atom. The van der Waals surface area contributed by atoms with Gasteiger partial charge in [-0.05, 0) is 154 Å². The smallest absolute Gasteiger partial charge is 0.328 e. The number of amides is 20. The maximum Gasteiger partial charge on any atom is 0.328 e. The summed E-state index contributed by atoms with van der Waals surface area (Å²) in [6.07, 6.45) is -14.8. The van der Waals surface area contributed by atoms with Crippen molar-refractivity contribution in [3.63, 3.8) is 0 Å². The van der Waals surface area contributed by atoms with E-state index in [-0.39, 0.29) is 71.0 Å². The minimum Gasteiger partial charge on any atom is -0.481 e. The number of guanidine groups is 1. The molecule has 2 fully saturated rings. The van der Waals surface area contributed by atoms with E-state index in [4.69, 9.17) is 39.8 Å². The second-order valence-corrected chi connectivity index (χ2v) is 37.2. The molecule has 0 bridgehead atoms. The van der Waals surface area contributed by atoms with Crippen LogP contribution < -0.4 is 119 Å². The van der Waals surface area contributed by atoms with Crippen molar-refractivity contribution in [3.05, 3.63) is 0 Å². The fraction of sp³-hybridized carbons (Fsp3) is 0.697. The van der Waals surface area contributed by atoms with E-state index >= 15 is 0 Å². The second kappa shape index (κ2) is 65.0. The standard InChI is InChI=1S/C89H147N25O34/c1-40(2)39-56(80(139)99-47(16-12-36-97-89(95)96)74(133)101-49(20-28-60(93)118)75(134)102-50(21-29-61(94)119)79(138)112-70(45(9)116)88(147)148)108-77(136)51(22-30-62(120)121)103-81(140)57-17-13-37-113(57)86(145)54(25-33-65(126)127)106-82(141)58-18-14-38-114(58)87(146)55(26-34-66(128)129)107-85(144)69(44(8)115)111-78(137)53(24-32-64(124)125)105-83(142)67(41(3)4)109-71(130)43(7)98-73(132)48(19-27-59(92)117)100-76(135)52(23-31-63(122)123)104-84(143)68(42(5)6)110-72(131)46(91)15-10-11-35-90/h40-58,67-70,115-116H,10-39,90-91H2,1-9H3,(H2,92,117)(H2,93,118)(H2,94,119)(H,98,132)(H,99,139)(H,100,135)(H,101,133)(H,102,134)(H,103,140)(H,104,143)(H,105,142)(H,106,141)(H,107,144)(H,108,136)(H,109,130)(H,110,131)(H,111,137)(H,112,138)(H,120,121)(H,122,123)(H,124,125)(H,126,127)(H,128,129)(H,147,148)(H4,95,96,97)/t43-,44+,45+,46-,47-,48-,49-,50-,51-,52-,53-,54-,55-,56-,57-,58-,67-,68-,69-,70-/m0/s1. The van der Waals surface area contributed by atoms with E-state index in [1.807, 2.05) is 5.32 Å². The Labute approximate surface area is 850 Å². The molecule has 59 nitrogen and oxygen atoms in total. The van der Waals surface area contributed by atoms with Crippen molar-refractivity contribution in [1.82, 2.24) is 94.9 Å². The predicted octanol–water partition coefficient (Wildman–Crippen LogP) is -10.7. The van der Waals surface area contributed by atoms with Gasteiger partial charge in [-0.25, -0.2) is 4.79 Å². The molecule has 0 unspecified atom stereocenters. The molecule has 0 saturated carbocycles. The van der Waals surface area contributed by atoms with Gasteiger partial charge in [0, 0.05) is 71.0 Å². The highest BCUT2D eigenvalue weighted by Crippen LogP contribution is 2.25. The molecule has 2 rings (SSSR count). The van der Waals surface area contributed by atoms with Gasteiger partial charge in [-0.15, -0.1) is 0 Å². The van der Waals surface area contributed by atoms with Gasteiger partial charge in [0.05, 0.1) is 18.2 Å². The Bertz CT molecular complexity index is 4690. The second-order valence-electron chi connectivity index (χ2n) is 37.2. The molecule has 2 saturated heterocycles. The molecule has 148 heavy (non-hydrogen) atoms. The topological polar surface area (TPSA) is 985 Å². The summed E-state index contributed by atoms with van der Waals surface area (Å²) in [7, 11) is 0. The van der Waals surface area contributed by atoms with Crippen molar-refractivity contribution in [2.45, 2.75) is 350 Å². The summed E-state index contributed by atoms with van der Waals surface area (Å²) in [5, 5.41) is 125. The van der Waals surface area contributed by atoms with Crippen LogP contribution in [0.15, 0.2) is 0 Å². The number of nitrogens with two attached hydrogens (primary N) is 6. The van der Waals surface area contributed by atoms with E-state index in [9.17, 15) is 166 Å². The maximum atomic E-state index is 14.9. The molecule has 0 aromatic heterocycles. The molecule has 20 atom stereocenters. The number of carboxylic acid groups (broad SMARTS) is 6. The number of carboxylic acids is 6. The predicted molar refractivity (Wildman–Crippen MR) is 514 cm³/mol. The van der Waals surface area contributed by atoms with E-state index in [2.05, 4.69) is 79.8 Å². The lowest BCUT2D eigenvalue weighted by Gasteiger charge is -2.32. The van der Waals surface area contributed by atoms with Crippen LogP contribution in [-0.4, -0.2) is 358 Å². The highest BCUT2D eigenvalue weighted by Gasteiger charge is 2.46. The molecule has 37 N–H and O–H groups in total. The molecule has 0 aromatic carbocycles. The number of aliphatic carboxylic acids is 6. The minimum atomic E-state index is -2.17. The van der Waals surface area contributed by atoms with Crippen molar-refractivity contribution >= 4 is 160 Å². The number of carbonyl (C=O) groups excluding carboxylic acids is 20. The number of hydrogen-bond acceptors (Lipinski definition) is 31. The normalized spacial score (nSPS) is 16.9. The summed E-state index contributed by atoms with van der Waals surface area (Å²) in [4.78, 5) is 352. The molecule has 59 heteroatoms. The first-order valence-electron chi connectivity index (χ1n) is 48.4. The first kappa shape index (κ1) is 129. The SMILES string of the molecule is CC(C)C[C@H](NC(=O)[C@H](CCC(=O)O)NC(=O)[C@@H]1CCCN1C(=O)[C@H](CCC(=O)O)NC(=O)[C@@H]1CCCN1C(=O)[C@H](CCC(=O)O)NC(=O)[C@@H](NC(=O)[C@H](CCC(=O)O)NC(=O)[C@@H](NC(=O)[C@H](C)NC(=O)[C@H](CCC(N)=O)NC(=O)[C@H](CCC(=O)O)NC(=O)[C@@H](NC(=O)[C@@H](N)CCCCN)C(C)C)C(C)C)[C@@H](C)O)C(=O)N[C@@H](CCCNC(=N)N)C(=O)N[C@@H](CCC(N)=O)C(=O)N[C@@H](CCC(N)=O)C(=O)N[C@H](C(=O)O)[C@@H](C)O. The number of nitrogens with one attached hydrogen (secondary N) is 17. The van der Waals surface area contributed by atoms with Gasteiger partial charge in [0.2, 0.25) is 118 Å². The van der Waals surface area contributed by atoms with Crippen LogP contribution in [0, 0.1) is 23.2 Å². The van der Waals surface area contributed by atoms with E-state index < -0.39 is 401 Å². The van der Waals surface area contributed by atoms with Gasteiger partial charge in [0.25, 0.3) is 0 Å². The van der Waals surface area contributed by atoms with Crippen LogP contribution in [0.5, 0.6) is 0 Å². The van der Waals surface area contributed by atoms with Crippen molar-refractivity contribution in [2.75, 3.05) is 26.2 Å². The average molecular weight is 2110 g/mol. The van der Waals surface area contributed by atoms with Crippen molar-refractivity contribution < 1.29 is 166 Å². The van der Waals surface area contributed by atoms with Gasteiger partial charge < -0.3 is 170 Å². The summed E-state index contributed by atoms with van der Waals surface area (Å²) < 4.78 is 0. The van der Waals surface area contributed by atoms with Crippen LogP contribution in [0.25, 0.3) is 0 Å². The zero-order valence-electron chi connectivity index (χ0n) is 84.0. The first-order valence-corrected chi connectivity index (χ1v) is 48.4. The van der Waals surface area contributed by atoms with Crippen LogP contribution in [0.3, 0.4) is 0 Å². The molecule has 20 amide bonds. The molecule has 0 radical (unpaired) electrons. The highest BCUT2D eigenvalue weighted by atomic mass is 16.4. The number of aliphatic hydroxyl groups is 2. The largest absolute Gasteiger partial charge is 0.481 e. The molecule has 2 heterocycles. The number of carbonyl (C=O) groups is 26. The molecule has 0 spiro atoms. The number of nitrogens with zero attached hydrogens (tertiary/aromatic N) is 2. The number of rotatable bonds is 71. The van der Waals surface area contributed by atoms with Gasteiger partial charge in [0.15, 0.2) is 12.0 Å². The van der Waals surface area contributed by atoms with E-state index in [0.717, 1.165) is 30.6 Å². The monoisotopic (exact) mass is 2110 g/mol. The molecular weight excluding hydrogens is 1960 g/mol. The average Bonchev–Trinajstić information content (AvgIpc) is 1.65. The maximum absolute atomic E-state index is 14.9. The Morgan fingerprint density at radius 2 is 0.601 bits per heavy atom. The Hall–Kier alpha value is -14.7. The summed E-state index contributed by atoms with van der Waals surface area (Å²) in [6, 6.07) is -31.2. The lowest BCUT2D eigenvalue weighted by atomic mass is 10.0. The van der Waals surface area contributed by atoms with Crippen LogP contribution in [0.2, 0.25) is 0 Å². The molecule has 0 aromatic rings. The third-order valence-electron chi connectivity index (χ3n) is 23.6. The lowest BCUT2D eigenvalue weighted by Crippen LogP contribution is -2.62. The van der Waals surface area contributed by atoms with E-state index in [1.165, 1.54) is 13.8 Å². The number of primary amides is 3. The zero-order chi connectivity index (χ0) is 113. The first-order chi connectivity index (χ1) is 69.1. The molecule has 0 aliphatic carbocycles. The fourth-order valence-corrected chi connectivity index (χ4v) is 15.4. The van der Waals surface area contributed by atoms with Crippen molar-refractivity contribution in [1.29, 1.82) is 5.41 Å². The third kappa shape index (κ3) is 47.2. The quantitative estimate of drug-likeness (QED) is 0.0153. The number of likely N-dealkylation sites (tertiary alicyclic amines) is 2. The van der Waals surface area contributed by atoms with Crippen LogP contribution >= 0.6 is 0 Å². The Kier molecular flexibility index (Phi) is 56.9. The van der Waals surface area contributed by atoms with Crippen molar-refractivity contribution in [3.8, 4) is 0 Å².